The average molecular weight is 532 g/mol. The number of pyridine rings is 1. The SMILES string of the molecule is COC1(C(=O)Nc2ccc3[nH]nc(-c4ccnc(C)c4)c3c2)CCN(CC(=O)N2CCc3ncsc3C2)C1. The van der Waals surface area contributed by atoms with Crippen molar-refractivity contribution in [2.75, 3.05) is 38.6 Å². The number of methoxy groups -OCH3 is 1. The van der Waals surface area contributed by atoms with Gasteiger partial charge in [0.2, 0.25) is 5.91 Å². The third-order valence-corrected chi connectivity index (χ3v) is 8.36. The quantitative estimate of drug-likeness (QED) is 0.393. The molecule has 0 saturated carbocycles. The van der Waals surface area contributed by atoms with Crippen molar-refractivity contribution in [2.45, 2.75) is 31.9 Å². The normalized spacial score (nSPS) is 19.6. The Bertz CT molecular complexity index is 1520. The highest BCUT2D eigenvalue weighted by atomic mass is 32.1. The molecule has 2 N–H and O–H groups in total. The lowest BCUT2D eigenvalue weighted by molar-refractivity contribution is -0.138. The second-order valence-corrected chi connectivity index (χ2v) is 10.9. The average Bonchev–Trinajstić information content (AvgIpc) is 3.66. The minimum atomic E-state index is -1.02. The standard InChI is InChI=1S/C27H29N7O3S/c1-17-11-18(5-8-28-17)25-20-12-19(3-4-21(20)31-32-25)30-26(36)27(37-2)7-10-33(15-27)14-24(35)34-9-6-22-23(13-34)38-16-29-22/h3-5,8,11-12,16H,6-7,9-10,13-15H2,1-2H3,(H,30,36)(H,31,32). The number of carbonyl (C=O) groups is 2. The third kappa shape index (κ3) is 4.57. The van der Waals surface area contributed by atoms with Crippen LogP contribution < -0.4 is 5.32 Å². The summed E-state index contributed by atoms with van der Waals surface area (Å²) in [6.45, 7) is 4.46. The van der Waals surface area contributed by atoms with Crippen LogP contribution in [0.3, 0.4) is 0 Å². The maximum absolute atomic E-state index is 13.5. The molecule has 1 saturated heterocycles. The Hall–Kier alpha value is -3.67. The number of ether oxygens (including phenoxy) is 1. The van der Waals surface area contributed by atoms with Crippen LogP contribution in [-0.2, 0) is 27.3 Å². The van der Waals surface area contributed by atoms with Crippen molar-refractivity contribution in [2.24, 2.45) is 0 Å². The van der Waals surface area contributed by atoms with E-state index in [-0.39, 0.29) is 18.4 Å². The van der Waals surface area contributed by atoms with E-state index in [0.717, 1.165) is 44.8 Å². The highest BCUT2D eigenvalue weighted by Crippen LogP contribution is 2.31. The van der Waals surface area contributed by atoms with Gasteiger partial charge in [-0.1, -0.05) is 0 Å². The Morgan fingerprint density at radius 3 is 2.95 bits per heavy atom. The number of benzene rings is 1. The second kappa shape index (κ2) is 9.90. The van der Waals surface area contributed by atoms with Gasteiger partial charge in [0.05, 0.1) is 29.8 Å². The molecule has 11 heteroatoms. The smallest absolute Gasteiger partial charge is 0.258 e. The maximum Gasteiger partial charge on any atom is 0.258 e. The predicted molar refractivity (Wildman–Crippen MR) is 145 cm³/mol. The first-order valence-electron chi connectivity index (χ1n) is 12.6. The topological polar surface area (TPSA) is 116 Å². The van der Waals surface area contributed by atoms with Crippen molar-refractivity contribution >= 4 is 39.7 Å². The van der Waals surface area contributed by atoms with Crippen LogP contribution in [0.1, 0.15) is 22.7 Å². The first-order chi connectivity index (χ1) is 18.4. The Kier molecular flexibility index (Phi) is 6.42. The van der Waals surface area contributed by atoms with E-state index in [1.807, 2.05) is 52.6 Å². The number of amides is 2. The Balaban J connectivity index is 1.14. The summed E-state index contributed by atoms with van der Waals surface area (Å²) in [4.78, 5) is 40.2. The van der Waals surface area contributed by atoms with E-state index in [0.29, 0.717) is 38.3 Å². The molecule has 2 aliphatic heterocycles. The Morgan fingerprint density at radius 2 is 2.11 bits per heavy atom. The van der Waals surface area contributed by atoms with Crippen LogP contribution in [0.15, 0.2) is 42.0 Å². The van der Waals surface area contributed by atoms with E-state index in [9.17, 15) is 9.59 Å². The number of thiazole rings is 1. The summed E-state index contributed by atoms with van der Waals surface area (Å²) in [5.74, 6) is -0.146. The fraction of sp³-hybridized carbons (Fsp3) is 0.370. The summed E-state index contributed by atoms with van der Waals surface area (Å²) in [7, 11) is 1.56. The van der Waals surface area contributed by atoms with Crippen molar-refractivity contribution < 1.29 is 14.3 Å². The molecule has 4 aromatic rings. The number of aromatic amines is 1. The first-order valence-corrected chi connectivity index (χ1v) is 13.5. The molecule has 38 heavy (non-hydrogen) atoms. The highest BCUT2D eigenvalue weighted by Gasteiger charge is 2.45. The van der Waals surface area contributed by atoms with E-state index < -0.39 is 5.60 Å². The van der Waals surface area contributed by atoms with Gasteiger partial charge in [-0.2, -0.15) is 5.10 Å². The molecule has 5 heterocycles. The number of nitrogens with one attached hydrogen (secondary N) is 2. The molecule has 2 amide bonds. The molecule has 10 nitrogen and oxygen atoms in total. The highest BCUT2D eigenvalue weighted by molar-refractivity contribution is 7.09. The molecule has 1 fully saturated rings. The summed E-state index contributed by atoms with van der Waals surface area (Å²) in [6, 6.07) is 9.58. The summed E-state index contributed by atoms with van der Waals surface area (Å²) >= 11 is 1.60. The molecular weight excluding hydrogens is 502 g/mol. The van der Waals surface area contributed by atoms with Gasteiger partial charge in [0.15, 0.2) is 5.60 Å². The van der Waals surface area contributed by atoms with Gasteiger partial charge in [-0.3, -0.25) is 24.6 Å². The summed E-state index contributed by atoms with van der Waals surface area (Å²) in [6.07, 6.45) is 3.06. The van der Waals surface area contributed by atoms with Crippen LogP contribution in [-0.4, -0.2) is 80.7 Å². The fourth-order valence-electron chi connectivity index (χ4n) is 5.31. The van der Waals surface area contributed by atoms with Crippen molar-refractivity contribution in [1.29, 1.82) is 0 Å². The Labute approximate surface area is 224 Å². The molecule has 3 aromatic heterocycles. The van der Waals surface area contributed by atoms with E-state index in [1.165, 1.54) is 0 Å². The van der Waals surface area contributed by atoms with Crippen LogP contribution in [0.5, 0.6) is 0 Å². The number of carbonyl (C=O) groups excluding carboxylic acids is 2. The van der Waals surface area contributed by atoms with Gasteiger partial charge in [-0.15, -0.1) is 11.3 Å². The molecule has 1 atom stereocenters. The number of aromatic nitrogens is 4. The molecule has 6 rings (SSSR count). The largest absolute Gasteiger partial charge is 0.367 e. The molecular formula is C27H29N7O3S. The number of anilines is 1. The maximum atomic E-state index is 13.5. The zero-order valence-corrected chi connectivity index (χ0v) is 22.2. The number of H-pyrrole nitrogens is 1. The van der Waals surface area contributed by atoms with Crippen molar-refractivity contribution in [3.8, 4) is 11.3 Å². The van der Waals surface area contributed by atoms with Gasteiger partial charge in [-0.05, 0) is 43.7 Å². The number of hydrogen-bond donors (Lipinski definition) is 2. The summed E-state index contributed by atoms with van der Waals surface area (Å²) in [5, 5.41) is 11.5. The van der Waals surface area contributed by atoms with Gasteiger partial charge in [0.25, 0.3) is 5.91 Å². The van der Waals surface area contributed by atoms with Crippen LogP contribution in [0, 0.1) is 6.92 Å². The predicted octanol–water partition coefficient (Wildman–Crippen LogP) is 3.00. The van der Waals surface area contributed by atoms with E-state index >= 15 is 0 Å². The molecule has 196 valence electrons. The lowest BCUT2D eigenvalue weighted by Gasteiger charge is -2.29. The lowest BCUT2D eigenvalue weighted by Crippen LogP contribution is -2.48. The molecule has 1 unspecified atom stereocenters. The molecule has 0 bridgehead atoms. The summed E-state index contributed by atoms with van der Waals surface area (Å²) < 4.78 is 5.79. The number of fused-ring (bicyclic) bond motifs is 2. The molecule has 2 aliphatic rings. The van der Waals surface area contributed by atoms with Crippen molar-refractivity contribution in [3.05, 3.63) is 58.3 Å². The summed E-state index contributed by atoms with van der Waals surface area (Å²) in [5.41, 5.74) is 6.13. The van der Waals surface area contributed by atoms with Crippen LogP contribution in [0.25, 0.3) is 22.2 Å². The third-order valence-electron chi connectivity index (χ3n) is 7.50. The molecule has 0 aliphatic carbocycles. The minimum absolute atomic E-state index is 0.0700. The van der Waals surface area contributed by atoms with Crippen LogP contribution >= 0.6 is 11.3 Å². The number of aryl methyl sites for hydroxylation is 1. The van der Waals surface area contributed by atoms with Gasteiger partial charge < -0.3 is 15.0 Å². The van der Waals surface area contributed by atoms with Crippen molar-refractivity contribution in [1.82, 2.24) is 30.0 Å². The second-order valence-electron chi connectivity index (χ2n) is 9.92. The van der Waals surface area contributed by atoms with E-state index in [4.69, 9.17) is 4.74 Å². The van der Waals surface area contributed by atoms with Crippen LogP contribution in [0.2, 0.25) is 0 Å². The fourth-order valence-corrected chi connectivity index (χ4v) is 6.14. The van der Waals surface area contributed by atoms with Gasteiger partial charge in [-0.25, -0.2) is 4.98 Å². The van der Waals surface area contributed by atoms with E-state index in [1.54, 1.807) is 24.6 Å². The van der Waals surface area contributed by atoms with Gasteiger partial charge in [0.1, 0.15) is 5.69 Å². The van der Waals surface area contributed by atoms with Crippen LogP contribution in [0.4, 0.5) is 5.69 Å². The Morgan fingerprint density at radius 1 is 1.21 bits per heavy atom. The number of hydrogen-bond acceptors (Lipinski definition) is 8. The zero-order chi connectivity index (χ0) is 26.3. The number of rotatable bonds is 6. The van der Waals surface area contributed by atoms with Gasteiger partial charge in [0, 0.05) is 66.6 Å². The molecule has 1 aromatic carbocycles. The minimum Gasteiger partial charge on any atom is -0.367 e. The zero-order valence-electron chi connectivity index (χ0n) is 21.4. The van der Waals surface area contributed by atoms with Crippen molar-refractivity contribution in [3.63, 3.8) is 0 Å². The number of nitrogens with zero attached hydrogens (tertiary/aromatic N) is 5. The molecule has 0 radical (unpaired) electrons. The lowest BCUT2D eigenvalue weighted by atomic mass is 10.0. The molecule has 0 spiro atoms. The number of likely N-dealkylation sites (tertiary alicyclic amines) is 1. The first kappa shape index (κ1) is 24.7. The van der Waals surface area contributed by atoms with E-state index in [2.05, 4.69) is 25.5 Å². The van der Waals surface area contributed by atoms with Gasteiger partial charge >= 0.3 is 0 Å². The monoisotopic (exact) mass is 531 g/mol.